The van der Waals surface area contributed by atoms with E-state index in [-0.39, 0.29) is 0 Å². The second-order valence-corrected chi connectivity index (χ2v) is 5.34. The summed E-state index contributed by atoms with van der Waals surface area (Å²) in [4.78, 5) is 21.1. The first-order chi connectivity index (χ1) is 10.6. The topological polar surface area (TPSA) is 70.5 Å². The highest BCUT2D eigenvalue weighted by Crippen LogP contribution is 2.38. The molecule has 0 amide bonds. The maximum atomic E-state index is 11.9. The Bertz CT molecular complexity index is 754. The summed E-state index contributed by atoms with van der Waals surface area (Å²) in [6.45, 7) is 3.73. The van der Waals surface area contributed by atoms with Crippen LogP contribution in [0.2, 0.25) is 0 Å². The Labute approximate surface area is 131 Å². The molecule has 0 saturated carbocycles. The lowest BCUT2D eigenvalue weighted by Gasteiger charge is -2.07. The molecule has 0 aliphatic carbocycles. The summed E-state index contributed by atoms with van der Waals surface area (Å²) >= 11 is 1.23. The van der Waals surface area contributed by atoms with Crippen LogP contribution in [-0.4, -0.2) is 30.2 Å². The average Bonchev–Trinajstić information content (AvgIpc) is 2.82. The minimum absolute atomic E-state index is 0.353. The van der Waals surface area contributed by atoms with Gasteiger partial charge in [-0.15, -0.1) is 0 Å². The molecular formula is C15H12N2O4S. The molecule has 0 saturated heterocycles. The first-order valence-electron chi connectivity index (χ1n) is 6.31. The quantitative estimate of drug-likeness (QED) is 0.634. The molecular weight excluding hydrogens is 304 g/mol. The predicted molar refractivity (Wildman–Crippen MR) is 80.2 cm³/mol. The van der Waals surface area contributed by atoms with Crippen molar-refractivity contribution < 1.29 is 19.0 Å². The van der Waals surface area contributed by atoms with Crippen LogP contribution >= 0.6 is 11.8 Å². The number of hydrogen-bond donors (Lipinski definition) is 0. The predicted octanol–water partition coefficient (Wildman–Crippen LogP) is 2.79. The summed E-state index contributed by atoms with van der Waals surface area (Å²) in [7, 11) is 3.02. The summed E-state index contributed by atoms with van der Waals surface area (Å²) in [6, 6.07) is 7.00. The van der Waals surface area contributed by atoms with Crippen molar-refractivity contribution in [2.75, 3.05) is 14.2 Å². The molecule has 0 radical (unpaired) electrons. The minimum atomic E-state index is -0.419. The molecule has 22 heavy (non-hydrogen) atoms. The normalized spacial score (nSPS) is 12.8. The number of rotatable bonds is 4. The van der Waals surface area contributed by atoms with Crippen molar-refractivity contribution >= 4 is 23.5 Å². The molecule has 0 spiro atoms. The second kappa shape index (κ2) is 5.69. The van der Waals surface area contributed by atoms with E-state index in [0.717, 1.165) is 0 Å². The van der Waals surface area contributed by atoms with Gasteiger partial charge in [0.2, 0.25) is 11.8 Å². The fourth-order valence-electron chi connectivity index (χ4n) is 2.01. The standard InChI is InChI=1S/C15H12N2O4S/c1-8-9-5-4-6-10(13(9)14(18)21-8)22-15-16-11(19-2)7-12(17-15)20-3/h4-7H,1H2,2-3H3. The number of fused-ring (bicyclic) bond motifs is 1. The van der Waals surface area contributed by atoms with E-state index in [1.54, 1.807) is 18.2 Å². The summed E-state index contributed by atoms with van der Waals surface area (Å²) in [5, 5.41) is 0.412. The van der Waals surface area contributed by atoms with Crippen LogP contribution in [0.5, 0.6) is 11.8 Å². The molecule has 0 N–H and O–H groups in total. The number of benzene rings is 1. The molecule has 0 unspecified atom stereocenters. The third-order valence-corrected chi connectivity index (χ3v) is 3.95. The Morgan fingerprint density at radius 3 is 2.50 bits per heavy atom. The molecule has 2 aromatic rings. The molecule has 1 aliphatic rings. The zero-order chi connectivity index (χ0) is 15.7. The van der Waals surface area contributed by atoms with Gasteiger partial charge in [-0.25, -0.2) is 4.79 Å². The van der Waals surface area contributed by atoms with Crippen molar-refractivity contribution in [2.45, 2.75) is 10.1 Å². The molecule has 112 valence electrons. The van der Waals surface area contributed by atoms with Gasteiger partial charge in [-0.1, -0.05) is 18.7 Å². The van der Waals surface area contributed by atoms with Gasteiger partial charge < -0.3 is 14.2 Å². The van der Waals surface area contributed by atoms with E-state index in [0.29, 0.717) is 38.7 Å². The number of hydrogen-bond acceptors (Lipinski definition) is 7. The lowest BCUT2D eigenvalue weighted by Crippen LogP contribution is -1.99. The van der Waals surface area contributed by atoms with Gasteiger partial charge in [-0.2, -0.15) is 9.97 Å². The highest BCUT2D eigenvalue weighted by atomic mass is 32.2. The van der Waals surface area contributed by atoms with Gasteiger partial charge >= 0.3 is 5.97 Å². The molecule has 1 aromatic heterocycles. The SMILES string of the molecule is C=C1OC(=O)c2c(Sc3nc(OC)cc(OC)n3)cccc21. The summed E-state index contributed by atoms with van der Waals surface area (Å²) in [6.07, 6.45) is 0. The van der Waals surface area contributed by atoms with Crippen LogP contribution in [0.1, 0.15) is 15.9 Å². The van der Waals surface area contributed by atoms with Crippen molar-refractivity contribution in [3.8, 4) is 11.8 Å². The van der Waals surface area contributed by atoms with Crippen molar-refractivity contribution in [1.82, 2.24) is 9.97 Å². The Kier molecular flexibility index (Phi) is 3.72. The third-order valence-electron chi connectivity index (χ3n) is 3.02. The number of carbonyl (C=O) groups is 1. The number of nitrogens with zero attached hydrogens (tertiary/aromatic N) is 2. The van der Waals surface area contributed by atoms with E-state index in [9.17, 15) is 4.79 Å². The Morgan fingerprint density at radius 2 is 1.86 bits per heavy atom. The Hall–Kier alpha value is -2.54. The summed E-state index contributed by atoms with van der Waals surface area (Å²) in [5.41, 5.74) is 1.16. The maximum Gasteiger partial charge on any atom is 0.345 e. The van der Waals surface area contributed by atoms with Crippen LogP contribution in [0.25, 0.3) is 5.76 Å². The molecule has 0 atom stereocenters. The molecule has 1 aromatic carbocycles. The van der Waals surface area contributed by atoms with E-state index in [1.807, 2.05) is 6.07 Å². The minimum Gasteiger partial charge on any atom is -0.481 e. The molecule has 3 rings (SSSR count). The maximum absolute atomic E-state index is 11.9. The van der Waals surface area contributed by atoms with Gasteiger partial charge in [0.25, 0.3) is 0 Å². The zero-order valence-corrected chi connectivity index (χ0v) is 12.8. The van der Waals surface area contributed by atoms with E-state index < -0.39 is 5.97 Å². The van der Waals surface area contributed by atoms with Crippen LogP contribution in [0.15, 0.2) is 40.9 Å². The fourth-order valence-corrected chi connectivity index (χ4v) is 2.92. The van der Waals surface area contributed by atoms with Gasteiger partial charge in [0.05, 0.1) is 25.8 Å². The fraction of sp³-hybridized carbons (Fsp3) is 0.133. The zero-order valence-electron chi connectivity index (χ0n) is 12.0. The molecule has 0 fully saturated rings. The van der Waals surface area contributed by atoms with Crippen LogP contribution in [-0.2, 0) is 4.74 Å². The van der Waals surface area contributed by atoms with Gasteiger partial charge in [-0.3, -0.25) is 0 Å². The van der Waals surface area contributed by atoms with Gasteiger partial charge in [-0.05, 0) is 17.8 Å². The van der Waals surface area contributed by atoms with Crippen LogP contribution in [0.4, 0.5) is 0 Å². The van der Waals surface area contributed by atoms with Crippen molar-refractivity contribution in [3.05, 3.63) is 42.0 Å². The van der Waals surface area contributed by atoms with Crippen molar-refractivity contribution in [3.63, 3.8) is 0 Å². The largest absolute Gasteiger partial charge is 0.481 e. The van der Waals surface area contributed by atoms with Crippen LogP contribution in [0, 0.1) is 0 Å². The van der Waals surface area contributed by atoms with E-state index >= 15 is 0 Å². The summed E-state index contributed by atoms with van der Waals surface area (Å²) in [5.74, 6) is 0.701. The van der Waals surface area contributed by atoms with Gasteiger partial charge in [0, 0.05) is 10.5 Å². The molecule has 0 bridgehead atoms. The van der Waals surface area contributed by atoms with Gasteiger partial charge in [0.1, 0.15) is 5.76 Å². The third kappa shape index (κ3) is 2.50. The molecule has 7 heteroatoms. The molecule has 6 nitrogen and oxygen atoms in total. The number of cyclic esters (lactones) is 1. The first kappa shape index (κ1) is 14.4. The molecule has 1 aliphatic heterocycles. The first-order valence-corrected chi connectivity index (χ1v) is 7.13. The monoisotopic (exact) mass is 316 g/mol. The van der Waals surface area contributed by atoms with E-state index in [2.05, 4.69) is 16.5 Å². The highest BCUT2D eigenvalue weighted by molar-refractivity contribution is 7.99. The lowest BCUT2D eigenvalue weighted by atomic mass is 10.1. The number of ether oxygens (including phenoxy) is 3. The highest BCUT2D eigenvalue weighted by Gasteiger charge is 2.28. The smallest absolute Gasteiger partial charge is 0.345 e. The Morgan fingerprint density at radius 1 is 1.18 bits per heavy atom. The number of esters is 1. The van der Waals surface area contributed by atoms with Gasteiger partial charge in [0.15, 0.2) is 5.16 Å². The summed E-state index contributed by atoms with van der Waals surface area (Å²) < 4.78 is 15.3. The van der Waals surface area contributed by atoms with Crippen molar-refractivity contribution in [2.24, 2.45) is 0 Å². The molecule has 2 heterocycles. The van der Waals surface area contributed by atoms with Crippen molar-refractivity contribution in [1.29, 1.82) is 0 Å². The van der Waals surface area contributed by atoms with E-state index in [1.165, 1.54) is 26.0 Å². The van der Waals surface area contributed by atoms with Crippen LogP contribution in [0.3, 0.4) is 0 Å². The van der Waals surface area contributed by atoms with E-state index in [4.69, 9.17) is 14.2 Å². The second-order valence-electron chi connectivity index (χ2n) is 4.33. The number of carbonyl (C=O) groups excluding carboxylic acids is 1. The number of methoxy groups -OCH3 is 2. The lowest BCUT2D eigenvalue weighted by molar-refractivity contribution is 0.0713. The average molecular weight is 316 g/mol. The number of aromatic nitrogens is 2. The van der Waals surface area contributed by atoms with Crippen LogP contribution < -0.4 is 9.47 Å². The Balaban J connectivity index is 2.01.